The van der Waals surface area contributed by atoms with Gasteiger partial charge in [-0.25, -0.2) is 0 Å². The van der Waals surface area contributed by atoms with E-state index in [4.69, 9.17) is 0 Å². The molecule has 0 aliphatic heterocycles. The molecule has 0 unspecified atom stereocenters. The number of rotatable bonds is 5. The molecule has 4 nitrogen and oxygen atoms in total. The van der Waals surface area contributed by atoms with E-state index in [1.54, 1.807) is 6.20 Å². The molecule has 0 radical (unpaired) electrons. The van der Waals surface area contributed by atoms with Crippen LogP contribution in [-0.2, 0) is 6.42 Å². The summed E-state index contributed by atoms with van der Waals surface area (Å²) in [5, 5.41) is 7.31. The van der Waals surface area contributed by atoms with Crippen molar-refractivity contribution >= 4 is 28.2 Å². The van der Waals surface area contributed by atoms with E-state index in [1.165, 1.54) is 5.56 Å². The van der Waals surface area contributed by atoms with Crippen LogP contribution < -0.4 is 10.6 Å². The highest BCUT2D eigenvalue weighted by Crippen LogP contribution is 2.31. The van der Waals surface area contributed by atoms with Crippen molar-refractivity contribution in [2.45, 2.75) is 27.2 Å². The van der Waals surface area contributed by atoms with Gasteiger partial charge in [0, 0.05) is 23.8 Å². The molecular formula is C21H23N3O. The van der Waals surface area contributed by atoms with Gasteiger partial charge in [-0.15, -0.1) is 0 Å². The molecule has 0 fully saturated rings. The lowest BCUT2D eigenvalue weighted by atomic mass is 10.0. The fourth-order valence-corrected chi connectivity index (χ4v) is 2.87. The standard InChI is InChI=1S/C21H23N3O/c1-4-15-10-11-19-16(12-15)20(17(13-23-19)21(25)22-5-2)24-18-9-7-6-8-14(18)3/h6-13H,4-5H2,1-3H3,(H,22,25)(H,23,24). The Morgan fingerprint density at radius 1 is 1.12 bits per heavy atom. The summed E-state index contributed by atoms with van der Waals surface area (Å²) in [6.45, 7) is 6.66. The zero-order chi connectivity index (χ0) is 17.8. The molecule has 128 valence electrons. The summed E-state index contributed by atoms with van der Waals surface area (Å²) in [5.41, 5.74) is 5.58. The number of nitrogens with zero attached hydrogens (tertiary/aromatic N) is 1. The first-order chi connectivity index (χ1) is 12.1. The number of pyridine rings is 1. The van der Waals surface area contributed by atoms with Crippen LogP contribution in [0.25, 0.3) is 10.9 Å². The van der Waals surface area contributed by atoms with Gasteiger partial charge >= 0.3 is 0 Å². The van der Waals surface area contributed by atoms with E-state index in [2.05, 4.69) is 47.7 Å². The number of carbonyl (C=O) groups is 1. The van der Waals surface area contributed by atoms with Gasteiger partial charge < -0.3 is 10.6 Å². The molecule has 2 N–H and O–H groups in total. The molecule has 25 heavy (non-hydrogen) atoms. The van der Waals surface area contributed by atoms with E-state index in [1.807, 2.05) is 31.2 Å². The highest BCUT2D eigenvalue weighted by Gasteiger charge is 2.16. The Labute approximate surface area is 148 Å². The monoisotopic (exact) mass is 333 g/mol. The van der Waals surface area contributed by atoms with Crippen LogP contribution in [0.3, 0.4) is 0 Å². The van der Waals surface area contributed by atoms with Crippen LogP contribution in [0.15, 0.2) is 48.7 Å². The fraction of sp³-hybridized carbons (Fsp3) is 0.238. The number of benzene rings is 2. The number of nitrogens with one attached hydrogen (secondary N) is 2. The SMILES string of the molecule is CCNC(=O)c1cnc2ccc(CC)cc2c1Nc1ccccc1C. The Kier molecular flexibility index (Phi) is 4.98. The minimum absolute atomic E-state index is 0.116. The average molecular weight is 333 g/mol. The van der Waals surface area contributed by atoms with Crippen molar-refractivity contribution in [3.8, 4) is 0 Å². The number of anilines is 2. The van der Waals surface area contributed by atoms with Crippen molar-refractivity contribution in [3.63, 3.8) is 0 Å². The molecule has 4 heteroatoms. The molecule has 0 saturated carbocycles. The molecule has 0 aliphatic carbocycles. The minimum Gasteiger partial charge on any atom is -0.354 e. The van der Waals surface area contributed by atoms with E-state index in [0.29, 0.717) is 12.1 Å². The van der Waals surface area contributed by atoms with Crippen molar-refractivity contribution in [2.75, 3.05) is 11.9 Å². The topological polar surface area (TPSA) is 54.0 Å². The minimum atomic E-state index is -0.116. The Hall–Kier alpha value is -2.88. The lowest BCUT2D eigenvalue weighted by Crippen LogP contribution is -2.24. The van der Waals surface area contributed by atoms with Gasteiger partial charge in [-0.1, -0.05) is 31.2 Å². The molecule has 3 aromatic rings. The Balaban J connectivity index is 2.21. The normalized spacial score (nSPS) is 10.7. The molecule has 1 aromatic heterocycles. The summed E-state index contributed by atoms with van der Waals surface area (Å²) in [5.74, 6) is -0.116. The third kappa shape index (κ3) is 3.48. The molecule has 3 rings (SSSR count). The third-order valence-corrected chi connectivity index (χ3v) is 4.33. The van der Waals surface area contributed by atoms with Gasteiger partial charge in [0.05, 0.1) is 16.8 Å². The van der Waals surface area contributed by atoms with Crippen molar-refractivity contribution in [2.24, 2.45) is 0 Å². The molecule has 0 saturated heterocycles. The van der Waals surface area contributed by atoms with Crippen LogP contribution in [0.2, 0.25) is 0 Å². The molecular weight excluding hydrogens is 310 g/mol. The lowest BCUT2D eigenvalue weighted by Gasteiger charge is -2.16. The second kappa shape index (κ2) is 7.34. The number of amides is 1. The van der Waals surface area contributed by atoms with Gasteiger partial charge in [0.25, 0.3) is 5.91 Å². The second-order valence-corrected chi connectivity index (χ2v) is 6.05. The Bertz CT molecular complexity index is 918. The number of hydrogen-bond acceptors (Lipinski definition) is 3. The van der Waals surface area contributed by atoms with Crippen molar-refractivity contribution in [1.82, 2.24) is 10.3 Å². The van der Waals surface area contributed by atoms with E-state index < -0.39 is 0 Å². The zero-order valence-electron chi connectivity index (χ0n) is 14.9. The number of fused-ring (bicyclic) bond motifs is 1. The summed E-state index contributed by atoms with van der Waals surface area (Å²) < 4.78 is 0. The molecule has 2 aromatic carbocycles. The van der Waals surface area contributed by atoms with Gasteiger partial charge in [0.15, 0.2) is 0 Å². The quantitative estimate of drug-likeness (QED) is 0.717. The van der Waals surface area contributed by atoms with Crippen LogP contribution in [-0.4, -0.2) is 17.4 Å². The van der Waals surface area contributed by atoms with E-state index in [9.17, 15) is 4.79 Å². The van der Waals surface area contributed by atoms with Crippen LogP contribution in [0.5, 0.6) is 0 Å². The summed E-state index contributed by atoms with van der Waals surface area (Å²) in [6, 6.07) is 14.3. The molecule has 1 amide bonds. The summed E-state index contributed by atoms with van der Waals surface area (Å²) in [7, 11) is 0. The molecule has 0 atom stereocenters. The number of carbonyl (C=O) groups excluding carboxylic acids is 1. The first kappa shape index (κ1) is 17.0. The molecule has 0 aliphatic rings. The van der Waals surface area contributed by atoms with Gasteiger partial charge in [0.2, 0.25) is 0 Å². The lowest BCUT2D eigenvalue weighted by molar-refractivity contribution is 0.0956. The van der Waals surface area contributed by atoms with Crippen molar-refractivity contribution < 1.29 is 4.79 Å². The van der Waals surface area contributed by atoms with Gasteiger partial charge in [-0.05, 0) is 49.6 Å². The Morgan fingerprint density at radius 2 is 1.92 bits per heavy atom. The number of para-hydroxylation sites is 1. The maximum absolute atomic E-state index is 12.5. The van der Waals surface area contributed by atoms with E-state index in [-0.39, 0.29) is 5.91 Å². The van der Waals surface area contributed by atoms with Gasteiger partial charge in [-0.2, -0.15) is 0 Å². The number of aryl methyl sites for hydroxylation is 2. The average Bonchev–Trinajstić information content (AvgIpc) is 2.63. The van der Waals surface area contributed by atoms with Gasteiger partial charge in [-0.3, -0.25) is 9.78 Å². The van der Waals surface area contributed by atoms with Crippen molar-refractivity contribution in [3.05, 3.63) is 65.4 Å². The molecule has 0 spiro atoms. The van der Waals surface area contributed by atoms with Crippen LogP contribution in [0, 0.1) is 6.92 Å². The maximum Gasteiger partial charge on any atom is 0.254 e. The van der Waals surface area contributed by atoms with Crippen LogP contribution >= 0.6 is 0 Å². The molecule has 0 bridgehead atoms. The maximum atomic E-state index is 12.5. The van der Waals surface area contributed by atoms with E-state index >= 15 is 0 Å². The predicted molar refractivity (Wildman–Crippen MR) is 104 cm³/mol. The zero-order valence-corrected chi connectivity index (χ0v) is 14.9. The molecule has 1 heterocycles. The van der Waals surface area contributed by atoms with E-state index in [0.717, 1.165) is 34.3 Å². The highest BCUT2D eigenvalue weighted by atomic mass is 16.1. The number of aromatic nitrogens is 1. The van der Waals surface area contributed by atoms with Crippen LogP contribution in [0.1, 0.15) is 35.3 Å². The summed E-state index contributed by atoms with van der Waals surface area (Å²) >= 11 is 0. The van der Waals surface area contributed by atoms with Gasteiger partial charge in [0.1, 0.15) is 0 Å². The summed E-state index contributed by atoms with van der Waals surface area (Å²) in [4.78, 5) is 17.0. The Morgan fingerprint density at radius 3 is 2.64 bits per heavy atom. The number of hydrogen-bond donors (Lipinski definition) is 2. The first-order valence-corrected chi connectivity index (χ1v) is 8.66. The predicted octanol–water partition coefficient (Wildman–Crippen LogP) is 4.60. The fourth-order valence-electron chi connectivity index (χ4n) is 2.87. The largest absolute Gasteiger partial charge is 0.354 e. The third-order valence-electron chi connectivity index (χ3n) is 4.33. The highest BCUT2D eigenvalue weighted by molar-refractivity contribution is 6.08. The second-order valence-electron chi connectivity index (χ2n) is 6.05. The smallest absolute Gasteiger partial charge is 0.254 e. The van der Waals surface area contributed by atoms with Crippen LogP contribution in [0.4, 0.5) is 11.4 Å². The summed E-state index contributed by atoms with van der Waals surface area (Å²) in [6.07, 6.45) is 2.59. The van der Waals surface area contributed by atoms with Crippen molar-refractivity contribution in [1.29, 1.82) is 0 Å². The first-order valence-electron chi connectivity index (χ1n) is 8.66.